The Kier molecular flexibility index (Phi) is 10.8. The fraction of sp³-hybridized carbons (Fsp3) is 0.459. The minimum absolute atomic E-state index is 0.00296. The molecule has 0 bridgehead atoms. The van der Waals surface area contributed by atoms with Gasteiger partial charge in [0.25, 0.3) is 5.56 Å². The molecule has 4 aromatic rings. The van der Waals surface area contributed by atoms with Crippen molar-refractivity contribution in [2.24, 2.45) is 11.8 Å². The maximum Gasteiger partial charge on any atom is 0.416 e. The molecular weight excluding hydrogens is 682 g/mol. The molecule has 1 fully saturated rings. The van der Waals surface area contributed by atoms with Gasteiger partial charge in [-0.3, -0.25) is 13.9 Å². The monoisotopic (exact) mass is 724 g/mol. The van der Waals surface area contributed by atoms with E-state index in [1.807, 2.05) is 13.0 Å². The summed E-state index contributed by atoms with van der Waals surface area (Å²) in [6.07, 6.45) is -0.0771. The smallest absolute Gasteiger partial charge is 0.268 e. The first-order chi connectivity index (χ1) is 24.0. The zero-order valence-corrected chi connectivity index (χ0v) is 30.2. The Morgan fingerprint density at radius 1 is 1.06 bits per heavy atom. The molecule has 2 heterocycles. The molecule has 10 nitrogen and oxygen atoms in total. The van der Waals surface area contributed by atoms with E-state index in [2.05, 4.69) is 23.7 Å². The number of rotatable bonds is 11. The van der Waals surface area contributed by atoms with Gasteiger partial charge in [-0.25, -0.2) is 22.6 Å². The number of nitrogens with one attached hydrogen (secondary N) is 1. The molecule has 0 aliphatic heterocycles. The molecule has 0 saturated heterocycles. The van der Waals surface area contributed by atoms with E-state index in [1.165, 1.54) is 29.9 Å². The van der Waals surface area contributed by atoms with Gasteiger partial charge in [-0.2, -0.15) is 23.5 Å². The minimum Gasteiger partial charge on any atom is -0.268 e. The zero-order valence-electron chi connectivity index (χ0n) is 29.4. The molecule has 0 radical (unpaired) electrons. The average Bonchev–Trinajstić information content (AvgIpc) is 3.56. The lowest BCUT2D eigenvalue weighted by Crippen LogP contribution is -2.50. The van der Waals surface area contributed by atoms with Crippen LogP contribution in [0.15, 0.2) is 70.4 Å². The number of aromatic nitrogens is 4. The Morgan fingerprint density at radius 2 is 1.73 bits per heavy atom. The van der Waals surface area contributed by atoms with Crippen molar-refractivity contribution in [2.75, 3.05) is 6.54 Å². The first-order valence-corrected chi connectivity index (χ1v) is 18.6. The first-order valence-electron chi connectivity index (χ1n) is 17.1. The van der Waals surface area contributed by atoms with E-state index in [1.54, 1.807) is 37.3 Å². The number of hydrogen-bond acceptors (Lipinski definition) is 6. The Hall–Kier alpha value is -4.48. The van der Waals surface area contributed by atoms with Crippen molar-refractivity contribution in [1.29, 1.82) is 5.26 Å². The van der Waals surface area contributed by atoms with E-state index in [0.29, 0.717) is 42.3 Å². The first kappa shape index (κ1) is 37.8. The predicted molar refractivity (Wildman–Crippen MR) is 189 cm³/mol. The summed E-state index contributed by atoms with van der Waals surface area (Å²) in [6.45, 7) is 9.03. The highest BCUT2D eigenvalue weighted by Crippen LogP contribution is 2.40. The van der Waals surface area contributed by atoms with Crippen LogP contribution in [0.25, 0.3) is 22.6 Å². The summed E-state index contributed by atoms with van der Waals surface area (Å²) in [7, 11) is -3.91. The normalized spacial score (nSPS) is 18.9. The standard InChI is InChI=1S/C37H43F3N6O4S/c1-6-8-31(23-43-51(49,50)36(5)18-15-27(16-19-36)24(2)3)45-34(47)33(32-17-20-42-46(32)29-13-11-26(22-41)12-14-29)25(4)44(35(45)48)30-10-7-9-28(21-30)37(38,39)40/h7,9-14,17,20-21,24,27,31,43H,6,8,15-16,18-19,23H2,1-5H3. The molecule has 1 unspecified atom stereocenters. The van der Waals surface area contributed by atoms with Crippen molar-refractivity contribution < 1.29 is 21.6 Å². The van der Waals surface area contributed by atoms with Crippen LogP contribution in [0, 0.1) is 30.1 Å². The van der Waals surface area contributed by atoms with E-state index in [-0.39, 0.29) is 35.6 Å². The van der Waals surface area contributed by atoms with Crippen molar-refractivity contribution in [3.8, 4) is 28.7 Å². The second kappa shape index (κ2) is 14.6. The molecule has 14 heteroatoms. The number of sulfonamides is 1. The SMILES string of the molecule is CCCC(CNS(=O)(=O)C1(C)CCC(C(C)C)CC1)n1c(=O)c(-c2ccnn2-c2ccc(C#N)cc2)c(C)n(-c2cccc(C(F)(F)F)c2)c1=O. The van der Waals surface area contributed by atoms with Gasteiger partial charge in [-0.05, 0) is 106 Å². The van der Waals surface area contributed by atoms with Gasteiger partial charge in [0.15, 0.2) is 0 Å². The van der Waals surface area contributed by atoms with Crippen LogP contribution < -0.4 is 16.0 Å². The highest BCUT2D eigenvalue weighted by atomic mass is 32.2. The van der Waals surface area contributed by atoms with Crippen LogP contribution in [-0.4, -0.2) is 38.6 Å². The Bertz CT molecular complexity index is 2150. The van der Waals surface area contributed by atoms with Gasteiger partial charge in [0, 0.05) is 12.2 Å². The van der Waals surface area contributed by atoms with E-state index < -0.39 is 43.8 Å². The maximum atomic E-state index is 14.6. The van der Waals surface area contributed by atoms with E-state index in [9.17, 15) is 36.4 Å². The summed E-state index contributed by atoms with van der Waals surface area (Å²) < 4.78 is 74.5. The van der Waals surface area contributed by atoms with E-state index in [0.717, 1.165) is 34.1 Å². The number of halogens is 3. The number of nitrogens with zero attached hydrogens (tertiary/aromatic N) is 5. The maximum absolute atomic E-state index is 14.6. The third kappa shape index (κ3) is 7.46. The summed E-state index contributed by atoms with van der Waals surface area (Å²) in [4.78, 5) is 29.1. The van der Waals surface area contributed by atoms with E-state index in [4.69, 9.17) is 0 Å². The lowest BCUT2D eigenvalue weighted by Gasteiger charge is -2.38. The number of alkyl halides is 3. The van der Waals surface area contributed by atoms with Crippen molar-refractivity contribution in [1.82, 2.24) is 23.6 Å². The number of benzene rings is 2. The molecule has 2 aromatic carbocycles. The van der Waals surface area contributed by atoms with Crippen molar-refractivity contribution in [3.63, 3.8) is 0 Å². The molecular formula is C37H43F3N6O4S. The molecule has 51 heavy (non-hydrogen) atoms. The summed E-state index contributed by atoms with van der Waals surface area (Å²) in [6, 6.07) is 13.3. The van der Waals surface area contributed by atoms with Crippen molar-refractivity contribution >= 4 is 10.0 Å². The Balaban J connectivity index is 1.68. The molecule has 1 N–H and O–H groups in total. The summed E-state index contributed by atoms with van der Waals surface area (Å²) >= 11 is 0. The molecule has 5 rings (SSSR count). The van der Waals surface area contributed by atoms with Crippen LogP contribution in [0.5, 0.6) is 0 Å². The van der Waals surface area contributed by atoms with Crippen LogP contribution in [0.2, 0.25) is 0 Å². The van der Waals surface area contributed by atoms with Gasteiger partial charge in [0.2, 0.25) is 10.0 Å². The van der Waals surface area contributed by atoms with Gasteiger partial charge in [0.1, 0.15) is 0 Å². The molecule has 0 spiro atoms. The molecule has 1 atom stereocenters. The number of nitriles is 1. The largest absolute Gasteiger partial charge is 0.416 e. The summed E-state index contributed by atoms with van der Waals surface area (Å²) in [5.74, 6) is 0.867. The van der Waals surface area contributed by atoms with Crippen LogP contribution in [0.1, 0.15) is 89.1 Å². The summed E-state index contributed by atoms with van der Waals surface area (Å²) in [5.41, 5.74) is -1.52. The molecule has 1 aliphatic carbocycles. The third-order valence-corrected chi connectivity index (χ3v) is 12.5. The van der Waals surface area contributed by atoms with Crippen LogP contribution in [0.3, 0.4) is 0 Å². The van der Waals surface area contributed by atoms with Gasteiger partial charge in [0.05, 0.1) is 56.8 Å². The van der Waals surface area contributed by atoms with Gasteiger partial charge >= 0.3 is 11.9 Å². The fourth-order valence-electron chi connectivity index (χ4n) is 7.06. The number of hydrogen-bond donors (Lipinski definition) is 1. The zero-order chi connectivity index (χ0) is 37.3. The minimum atomic E-state index is -4.70. The average molecular weight is 725 g/mol. The van der Waals surface area contributed by atoms with Gasteiger partial charge in [-0.15, -0.1) is 0 Å². The Labute approximate surface area is 295 Å². The Morgan fingerprint density at radius 3 is 2.31 bits per heavy atom. The molecule has 1 saturated carbocycles. The topological polar surface area (TPSA) is 132 Å². The van der Waals surface area contributed by atoms with Crippen LogP contribution >= 0.6 is 0 Å². The molecule has 1 aliphatic rings. The molecule has 2 aromatic heterocycles. The lowest BCUT2D eigenvalue weighted by molar-refractivity contribution is -0.137. The van der Waals surface area contributed by atoms with E-state index >= 15 is 0 Å². The van der Waals surface area contributed by atoms with Crippen LogP contribution in [0.4, 0.5) is 13.2 Å². The highest BCUT2D eigenvalue weighted by molar-refractivity contribution is 7.90. The second-order valence-electron chi connectivity index (χ2n) is 13.9. The third-order valence-electron chi connectivity index (χ3n) is 10.3. The van der Waals surface area contributed by atoms with Crippen LogP contribution in [-0.2, 0) is 16.2 Å². The van der Waals surface area contributed by atoms with Crippen molar-refractivity contribution in [2.45, 2.75) is 90.1 Å². The molecule has 0 amide bonds. The lowest BCUT2D eigenvalue weighted by atomic mass is 9.77. The quantitative estimate of drug-likeness (QED) is 0.179. The van der Waals surface area contributed by atoms with Gasteiger partial charge < -0.3 is 0 Å². The van der Waals surface area contributed by atoms with Crippen molar-refractivity contribution in [3.05, 3.63) is 98.5 Å². The fourth-order valence-corrected chi connectivity index (χ4v) is 8.60. The predicted octanol–water partition coefficient (Wildman–Crippen LogP) is 6.92. The second-order valence-corrected chi connectivity index (χ2v) is 16.2. The van der Waals surface area contributed by atoms with Gasteiger partial charge in [-0.1, -0.05) is 33.3 Å². The summed E-state index contributed by atoms with van der Waals surface area (Å²) in [5, 5.41) is 13.7. The molecule has 272 valence electrons. The highest BCUT2D eigenvalue weighted by Gasteiger charge is 2.43.